The van der Waals surface area contributed by atoms with Crippen molar-refractivity contribution in [2.75, 3.05) is 16.4 Å². The molecule has 12 heteroatoms. The Balaban J connectivity index is 1.70. The molecule has 2 heterocycles. The van der Waals surface area contributed by atoms with Gasteiger partial charge in [-0.05, 0) is 35.9 Å². The molecular formula is C19H14BrClF4N2O2S2. The minimum atomic E-state index is -4.59. The van der Waals surface area contributed by atoms with Gasteiger partial charge in [-0.3, -0.25) is 4.99 Å². The number of thioether (sulfide) groups is 1. The number of benzene rings is 2. The van der Waals surface area contributed by atoms with Crippen LogP contribution in [-0.4, -0.2) is 37.2 Å². The number of alkyl halides is 3. The highest BCUT2D eigenvalue weighted by Gasteiger charge is 2.48. The lowest BCUT2D eigenvalue weighted by Gasteiger charge is -2.28. The Bertz CT molecular complexity index is 1170. The second kappa shape index (κ2) is 8.24. The van der Waals surface area contributed by atoms with Gasteiger partial charge in [-0.1, -0.05) is 45.4 Å². The summed E-state index contributed by atoms with van der Waals surface area (Å²) in [6.07, 6.45) is -4.59. The van der Waals surface area contributed by atoms with Crippen molar-refractivity contribution in [1.82, 2.24) is 0 Å². The summed E-state index contributed by atoms with van der Waals surface area (Å²) in [5.41, 5.74) is -0.487. The van der Waals surface area contributed by atoms with Gasteiger partial charge in [0, 0.05) is 10.2 Å². The zero-order chi connectivity index (χ0) is 22.6. The van der Waals surface area contributed by atoms with Gasteiger partial charge in [0.25, 0.3) is 0 Å². The molecule has 31 heavy (non-hydrogen) atoms. The van der Waals surface area contributed by atoms with Gasteiger partial charge in [-0.25, -0.2) is 12.8 Å². The van der Waals surface area contributed by atoms with Crippen LogP contribution in [0.3, 0.4) is 0 Å². The molecule has 0 amide bonds. The Morgan fingerprint density at radius 3 is 2.61 bits per heavy atom. The van der Waals surface area contributed by atoms with Crippen LogP contribution in [0.4, 0.5) is 23.2 Å². The Morgan fingerprint density at radius 1 is 1.19 bits per heavy atom. The average Bonchev–Trinajstić information content (AvgIpc) is 3.11. The number of sulfone groups is 1. The highest BCUT2D eigenvalue weighted by molar-refractivity contribution is 9.10. The first-order valence-electron chi connectivity index (χ1n) is 8.95. The Hall–Kier alpha value is -1.30. The molecule has 2 aliphatic rings. The van der Waals surface area contributed by atoms with Crippen molar-refractivity contribution in [1.29, 1.82) is 0 Å². The summed E-state index contributed by atoms with van der Waals surface area (Å²) in [6, 6.07) is 6.20. The quantitative estimate of drug-likeness (QED) is 0.466. The molecule has 0 aromatic heterocycles. The Kier molecular flexibility index (Phi) is 6.08. The van der Waals surface area contributed by atoms with Gasteiger partial charge in [0.1, 0.15) is 5.82 Å². The first kappa shape index (κ1) is 22.9. The fraction of sp³-hybridized carbons (Fsp3) is 0.316. The maximum atomic E-state index is 14.2. The minimum Gasteiger partial charge on any atom is -0.313 e. The van der Waals surface area contributed by atoms with Crippen LogP contribution >= 0.6 is 39.3 Å². The second-order valence-corrected chi connectivity index (χ2v) is 11.6. The Labute approximate surface area is 193 Å². The van der Waals surface area contributed by atoms with E-state index in [9.17, 15) is 26.0 Å². The maximum absolute atomic E-state index is 14.2. The molecule has 1 fully saturated rings. The molecular weight excluding hydrogens is 544 g/mol. The third-order valence-electron chi connectivity index (χ3n) is 5.01. The second-order valence-electron chi connectivity index (χ2n) is 7.18. The number of hydrogen-bond acceptors (Lipinski definition) is 5. The predicted octanol–water partition coefficient (Wildman–Crippen LogP) is 5.54. The molecule has 4 rings (SSSR count). The van der Waals surface area contributed by atoms with Crippen molar-refractivity contribution in [3.8, 4) is 0 Å². The van der Waals surface area contributed by atoms with Crippen LogP contribution < -0.4 is 4.90 Å². The van der Waals surface area contributed by atoms with Crippen molar-refractivity contribution in [3.63, 3.8) is 0 Å². The van der Waals surface area contributed by atoms with E-state index in [0.717, 1.165) is 30.0 Å². The van der Waals surface area contributed by atoms with E-state index in [1.807, 2.05) is 0 Å². The molecule has 0 bridgehead atoms. The third kappa shape index (κ3) is 4.74. The van der Waals surface area contributed by atoms with E-state index in [4.69, 9.17) is 11.6 Å². The predicted molar refractivity (Wildman–Crippen MR) is 118 cm³/mol. The first-order chi connectivity index (χ1) is 14.4. The molecule has 0 N–H and O–H groups in total. The van der Waals surface area contributed by atoms with Crippen molar-refractivity contribution < 1.29 is 26.0 Å². The van der Waals surface area contributed by atoms with Crippen molar-refractivity contribution in [2.24, 2.45) is 4.99 Å². The van der Waals surface area contributed by atoms with E-state index < -0.39 is 39.5 Å². The number of amidine groups is 1. The Morgan fingerprint density at radius 2 is 1.94 bits per heavy atom. The standard InChI is InChI=1S/C19H14BrClF4N2O2S2/c20-12-3-1-10(14(22)6-12)7-30-18-26-15-8-31(28,29)9-17(15)27(18)16-5-11(19(23,24)25)2-4-13(16)21/h1-6,15,17H,7-9H2/t15-,17+/m1/s1. The zero-order valence-electron chi connectivity index (χ0n) is 15.5. The van der Waals surface area contributed by atoms with Gasteiger partial charge in [0.2, 0.25) is 0 Å². The number of nitrogens with zero attached hydrogens (tertiary/aromatic N) is 2. The van der Waals surface area contributed by atoms with Gasteiger partial charge in [-0.2, -0.15) is 13.2 Å². The van der Waals surface area contributed by atoms with Crippen LogP contribution in [0.5, 0.6) is 0 Å². The fourth-order valence-electron chi connectivity index (χ4n) is 3.57. The molecule has 1 saturated heterocycles. The number of hydrogen-bond donors (Lipinski definition) is 0. The van der Waals surface area contributed by atoms with Gasteiger partial charge >= 0.3 is 6.18 Å². The average molecular weight is 558 g/mol. The van der Waals surface area contributed by atoms with Crippen molar-refractivity contribution >= 4 is 60.0 Å². The number of rotatable bonds is 3. The molecule has 2 aromatic carbocycles. The lowest BCUT2D eigenvalue weighted by molar-refractivity contribution is -0.137. The SMILES string of the molecule is O=S1(=O)C[C@H]2N=C(SCc3ccc(Br)cc3F)N(c3cc(C(F)(F)F)ccc3Cl)[C@H]2C1. The zero-order valence-corrected chi connectivity index (χ0v) is 19.5. The van der Waals surface area contributed by atoms with E-state index >= 15 is 0 Å². The van der Waals surface area contributed by atoms with E-state index in [1.54, 1.807) is 12.1 Å². The molecule has 4 nitrogen and oxygen atoms in total. The summed E-state index contributed by atoms with van der Waals surface area (Å²) in [6.45, 7) is 0. The van der Waals surface area contributed by atoms with Crippen LogP contribution in [0.2, 0.25) is 5.02 Å². The van der Waals surface area contributed by atoms with Gasteiger partial charge in [0.05, 0.1) is 39.9 Å². The summed E-state index contributed by atoms with van der Waals surface area (Å²) in [5, 5.41) is 0.356. The van der Waals surface area contributed by atoms with E-state index in [2.05, 4.69) is 20.9 Å². The molecule has 2 aliphatic heterocycles. The molecule has 0 saturated carbocycles. The summed E-state index contributed by atoms with van der Waals surface area (Å²) < 4.78 is 78.9. The van der Waals surface area contributed by atoms with E-state index in [1.165, 1.54) is 11.0 Å². The molecule has 0 spiro atoms. The monoisotopic (exact) mass is 556 g/mol. The molecule has 0 unspecified atom stereocenters. The van der Waals surface area contributed by atoms with Crippen LogP contribution in [0.1, 0.15) is 11.1 Å². The normalized spacial score (nSPS) is 22.5. The smallest absolute Gasteiger partial charge is 0.313 e. The fourth-order valence-corrected chi connectivity index (χ4v) is 7.06. The summed E-state index contributed by atoms with van der Waals surface area (Å²) in [5.74, 6) is -0.713. The summed E-state index contributed by atoms with van der Waals surface area (Å²) in [4.78, 5) is 5.91. The summed E-state index contributed by atoms with van der Waals surface area (Å²) in [7, 11) is -3.39. The lowest BCUT2D eigenvalue weighted by Crippen LogP contribution is -2.39. The largest absolute Gasteiger partial charge is 0.416 e. The van der Waals surface area contributed by atoms with Gasteiger partial charge in [-0.15, -0.1) is 0 Å². The highest BCUT2D eigenvalue weighted by Crippen LogP contribution is 2.41. The molecule has 2 aromatic rings. The van der Waals surface area contributed by atoms with Gasteiger partial charge in [0.15, 0.2) is 15.0 Å². The number of fused-ring (bicyclic) bond motifs is 1. The first-order valence-corrected chi connectivity index (χ1v) is 12.9. The third-order valence-corrected chi connectivity index (χ3v) is 8.54. The lowest BCUT2D eigenvalue weighted by atomic mass is 10.1. The molecule has 0 radical (unpaired) electrons. The number of halogens is 6. The number of anilines is 1. The molecule has 0 aliphatic carbocycles. The van der Waals surface area contributed by atoms with Crippen LogP contribution in [0.25, 0.3) is 0 Å². The van der Waals surface area contributed by atoms with Crippen molar-refractivity contribution in [2.45, 2.75) is 24.0 Å². The van der Waals surface area contributed by atoms with Crippen molar-refractivity contribution in [3.05, 3.63) is 62.8 Å². The van der Waals surface area contributed by atoms with Gasteiger partial charge < -0.3 is 4.90 Å². The van der Waals surface area contributed by atoms with Crippen LogP contribution in [-0.2, 0) is 21.8 Å². The summed E-state index contributed by atoms with van der Waals surface area (Å²) >= 11 is 10.5. The number of aliphatic imine (C=N–C) groups is 1. The molecule has 166 valence electrons. The minimum absolute atomic E-state index is 0.0311. The van der Waals surface area contributed by atoms with E-state index in [0.29, 0.717) is 15.2 Å². The topological polar surface area (TPSA) is 49.7 Å². The highest BCUT2D eigenvalue weighted by atomic mass is 79.9. The van der Waals surface area contributed by atoms with Crippen LogP contribution in [0, 0.1) is 5.82 Å². The molecule has 2 atom stereocenters. The van der Waals surface area contributed by atoms with E-state index in [-0.39, 0.29) is 28.0 Å². The maximum Gasteiger partial charge on any atom is 0.416 e. The van der Waals surface area contributed by atoms with Crippen LogP contribution in [0.15, 0.2) is 45.9 Å².